The number of nitrogens with one attached hydrogen (secondary N) is 1. The molecule has 16 heavy (non-hydrogen) atoms. The highest BCUT2D eigenvalue weighted by molar-refractivity contribution is 4.75. The molecule has 1 unspecified atom stereocenters. The lowest BCUT2D eigenvalue weighted by atomic mass is 10.0. The van der Waals surface area contributed by atoms with Crippen molar-refractivity contribution in [2.75, 3.05) is 26.2 Å². The fraction of sp³-hybridized carbons (Fsp3) is 0.857. The summed E-state index contributed by atoms with van der Waals surface area (Å²) in [4.78, 5) is 2.51. The molecule has 1 atom stereocenters. The molecule has 0 saturated carbocycles. The third-order valence-electron chi connectivity index (χ3n) is 3.37. The third kappa shape index (κ3) is 5.66. The molecule has 1 heterocycles. The molecule has 1 aliphatic heterocycles. The van der Waals surface area contributed by atoms with Gasteiger partial charge in [0.2, 0.25) is 0 Å². The van der Waals surface area contributed by atoms with Gasteiger partial charge in [0.1, 0.15) is 0 Å². The highest BCUT2D eigenvalue weighted by Crippen LogP contribution is 2.12. The SMILES string of the molecule is C=CCN(CCC)CCCC1CCCCN1. The van der Waals surface area contributed by atoms with Crippen molar-refractivity contribution in [1.82, 2.24) is 10.2 Å². The van der Waals surface area contributed by atoms with Gasteiger partial charge in [0.15, 0.2) is 0 Å². The number of hydrogen-bond acceptors (Lipinski definition) is 2. The summed E-state index contributed by atoms with van der Waals surface area (Å²) in [6.07, 6.45) is 10.1. The molecule has 0 radical (unpaired) electrons. The number of rotatable bonds is 8. The molecule has 1 aliphatic rings. The largest absolute Gasteiger partial charge is 0.314 e. The van der Waals surface area contributed by atoms with Crippen LogP contribution in [0.5, 0.6) is 0 Å². The van der Waals surface area contributed by atoms with E-state index in [-0.39, 0.29) is 0 Å². The van der Waals surface area contributed by atoms with Crippen molar-refractivity contribution in [3.8, 4) is 0 Å². The molecule has 0 spiro atoms. The maximum Gasteiger partial charge on any atom is 0.0160 e. The van der Waals surface area contributed by atoms with Crippen molar-refractivity contribution in [2.45, 2.75) is 51.5 Å². The van der Waals surface area contributed by atoms with Crippen LogP contribution < -0.4 is 5.32 Å². The zero-order chi connectivity index (χ0) is 11.6. The van der Waals surface area contributed by atoms with Gasteiger partial charge >= 0.3 is 0 Å². The summed E-state index contributed by atoms with van der Waals surface area (Å²) in [6.45, 7) is 10.8. The second-order valence-corrected chi connectivity index (χ2v) is 4.88. The van der Waals surface area contributed by atoms with Gasteiger partial charge in [-0.15, -0.1) is 6.58 Å². The van der Waals surface area contributed by atoms with Crippen LogP contribution in [0.3, 0.4) is 0 Å². The van der Waals surface area contributed by atoms with Crippen molar-refractivity contribution >= 4 is 0 Å². The first-order valence-corrected chi connectivity index (χ1v) is 6.93. The minimum absolute atomic E-state index is 0.793. The zero-order valence-corrected chi connectivity index (χ0v) is 10.9. The van der Waals surface area contributed by atoms with Gasteiger partial charge in [-0.25, -0.2) is 0 Å². The van der Waals surface area contributed by atoms with E-state index in [2.05, 4.69) is 23.7 Å². The lowest BCUT2D eigenvalue weighted by molar-refractivity contribution is 0.281. The van der Waals surface area contributed by atoms with Crippen LogP contribution in [0.4, 0.5) is 0 Å². The fourth-order valence-corrected chi connectivity index (χ4v) is 2.52. The summed E-state index contributed by atoms with van der Waals surface area (Å²) < 4.78 is 0. The van der Waals surface area contributed by atoms with E-state index in [9.17, 15) is 0 Å². The molecule has 0 bridgehead atoms. The Labute approximate surface area is 101 Å². The van der Waals surface area contributed by atoms with Crippen LogP contribution in [-0.2, 0) is 0 Å². The molecule has 0 aliphatic carbocycles. The van der Waals surface area contributed by atoms with E-state index >= 15 is 0 Å². The molecule has 1 saturated heterocycles. The fourth-order valence-electron chi connectivity index (χ4n) is 2.52. The summed E-state index contributed by atoms with van der Waals surface area (Å²) >= 11 is 0. The predicted molar refractivity (Wildman–Crippen MR) is 71.8 cm³/mol. The summed E-state index contributed by atoms with van der Waals surface area (Å²) in [5.74, 6) is 0. The highest BCUT2D eigenvalue weighted by Gasteiger charge is 2.12. The summed E-state index contributed by atoms with van der Waals surface area (Å²) in [5, 5.41) is 3.62. The predicted octanol–water partition coefficient (Wildman–Crippen LogP) is 2.81. The molecule has 1 rings (SSSR count). The Bertz CT molecular complexity index is 174. The van der Waals surface area contributed by atoms with Crippen molar-refractivity contribution in [1.29, 1.82) is 0 Å². The normalized spacial score (nSPS) is 21.2. The van der Waals surface area contributed by atoms with Crippen LogP contribution >= 0.6 is 0 Å². The van der Waals surface area contributed by atoms with Gasteiger partial charge in [0, 0.05) is 12.6 Å². The monoisotopic (exact) mass is 224 g/mol. The highest BCUT2D eigenvalue weighted by atomic mass is 15.1. The molecule has 0 amide bonds. The first-order chi connectivity index (χ1) is 7.86. The maximum atomic E-state index is 3.83. The van der Waals surface area contributed by atoms with Gasteiger partial charge in [-0.05, 0) is 51.7 Å². The molecular weight excluding hydrogens is 196 g/mol. The second kappa shape index (κ2) is 8.77. The van der Waals surface area contributed by atoms with Gasteiger partial charge in [-0.2, -0.15) is 0 Å². The molecule has 0 aromatic rings. The summed E-state index contributed by atoms with van der Waals surface area (Å²) in [7, 11) is 0. The molecule has 2 nitrogen and oxygen atoms in total. The van der Waals surface area contributed by atoms with Gasteiger partial charge in [0.05, 0.1) is 0 Å². The minimum atomic E-state index is 0.793. The first kappa shape index (κ1) is 13.7. The average molecular weight is 224 g/mol. The van der Waals surface area contributed by atoms with Crippen LogP contribution in [0.1, 0.15) is 45.4 Å². The molecule has 0 aromatic heterocycles. The van der Waals surface area contributed by atoms with Gasteiger partial charge in [0.25, 0.3) is 0 Å². The second-order valence-electron chi connectivity index (χ2n) is 4.88. The van der Waals surface area contributed by atoms with Crippen molar-refractivity contribution in [2.24, 2.45) is 0 Å². The van der Waals surface area contributed by atoms with Crippen molar-refractivity contribution < 1.29 is 0 Å². The molecule has 2 heteroatoms. The zero-order valence-electron chi connectivity index (χ0n) is 10.9. The van der Waals surface area contributed by atoms with Crippen molar-refractivity contribution in [3.05, 3.63) is 12.7 Å². The Morgan fingerprint density at radius 1 is 1.38 bits per heavy atom. The number of piperidine rings is 1. The number of hydrogen-bond donors (Lipinski definition) is 1. The Hall–Kier alpha value is -0.340. The van der Waals surface area contributed by atoms with E-state index in [1.165, 1.54) is 58.2 Å². The van der Waals surface area contributed by atoms with Gasteiger partial charge < -0.3 is 5.32 Å². The van der Waals surface area contributed by atoms with Crippen LogP contribution in [0.15, 0.2) is 12.7 Å². The van der Waals surface area contributed by atoms with Crippen LogP contribution in [0, 0.1) is 0 Å². The van der Waals surface area contributed by atoms with E-state index in [1.54, 1.807) is 0 Å². The average Bonchev–Trinajstić information content (AvgIpc) is 2.31. The van der Waals surface area contributed by atoms with Crippen molar-refractivity contribution in [3.63, 3.8) is 0 Å². The van der Waals surface area contributed by atoms with E-state index in [0.29, 0.717) is 0 Å². The Kier molecular flexibility index (Phi) is 7.52. The minimum Gasteiger partial charge on any atom is -0.314 e. The van der Waals surface area contributed by atoms with Gasteiger partial charge in [-0.1, -0.05) is 19.4 Å². The smallest absolute Gasteiger partial charge is 0.0160 e. The third-order valence-corrected chi connectivity index (χ3v) is 3.37. The standard InChI is InChI=1S/C14H28N2/c1-3-11-16(12-4-2)13-7-9-14-8-5-6-10-15-14/h3,14-15H,1,4-13H2,2H3. The lowest BCUT2D eigenvalue weighted by Gasteiger charge is -2.25. The van der Waals surface area contributed by atoms with E-state index in [1.807, 2.05) is 6.08 Å². The Morgan fingerprint density at radius 2 is 2.25 bits per heavy atom. The van der Waals surface area contributed by atoms with Crippen LogP contribution in [-0.4, -0.2) is 37.1 Å². The molecule has 1 fully saturated rings. The maximum absolute atomic E-state index is 3.83. The summed E-state index contributed by atoms with van der Waals surface area (Å²) in [6, 6.07) is 0.793. The molecule has 94 valence electrons. The molecular formula is C14H28N2. The molecule has 0 aromatic carbocycles. The van der Waals surface area contributed by atoms with E-state index < -0.39 is 0 Å². The first-order valence-electron chi connectivity index (χ1n) is 6.93. The molecule has 1 N–H and O–H groups in total. The van der Waals surface area contributed by atoms with Crippen LogP contribution in [0.2, 0.25) is 0 Å². The Morgan fingerprint density at radius 3 is 2.88 bits per heavy atom. The topological polar surface area (TPSA) is 15.3 Å². The van der Waals surface area contributed by atoms with E-state index in [0.717, 1.165) is 12.6 Å². The van der Waals surface area contributed by atoms with E-state index in [4.69, 9.17) is 0 Å². The quantitative estimate of drug-likeness (QED) is 0.638. The number of nitrogens with zero attached hydrogens (tertiary/aromatic N) is 1. The lowest BCUT2D eigenvalue weighted by Crippen LogP contribution is -2.35. The van der Waals surface area contributed by atoms with Crippen LogP contribution in [0.25, 0.3) is 0 Å². The van der Waals surface area contributed by atoms with Gasteiger partial charge in [-0.3, -0.25) is 4.90 Å². The Balaban J connectivity index is 2.08. The summed E-state index contributed by atoms with van der Waals surface area (Å²) in [5.41, 5.74) is 0.